The highest BCUT2D eigenvalue weighted by Gasteiger charge is 2.16. The summed E-state index contributed by atoms with van der Waals surface area (Å²) in [6, 6.07) is 0. The van der Waals surface area contributed by atoms with E-state index in [0.29, 0.717) is 18.0 Å². The predicted octanol–water partition coefficient (Wildman–Crippen LogP) is 0.321. The van der Waals surface area contributed by atoms with Crippen LogP contribution in [0.1, 0.15) is 30.6 Å². The van der Waals surface area contributed by atoms with Gasteiger partial charge < -0.3 is 15.4 Å². The zero-order chi connectivity index (χ0) is 15.1. The first-order chi connectivity index (χ1) is 9.43. The number of nitrogens with one attached hydrogen (secondary N) is 2. The van der Waals surface area contributed by atoms with Crippen LogP contribution in [0, 0.1) is 5.92 Å². The number of hydrogen-bond donors (Lipinski definition) is 2. The second kappa shape index (κ2) is 7.52. The van der Waals surface area contributed by atoms with Gasteiger partial charge in [-0.05, 0) is 12.3 Å². The van der Waals surface area contributed by atoms with Crippen LogP contribution in [0.15, 0.2) is 6.20 Å². The number of methoxy groups -OCH3 is 1. The van der Waals surface area contributed by atoms with Crippen LogP contribution < -0.4 is 15.4 Å². The van der Waals surface area contributed by atoms with E-state index in [4.69, 9.17) is 4.74 Å². The Morgan fingerprint density at radius 2 is 2.10 bits per heavy atom. The van der Waals surface area contributed by atoms with E-state index in [9.17, 15) is 9.59 Å². The fourth-order valence-electron chi connectivity index (χ4n) is 1.59. The Kier molecular flexibility index (Phi) is 6.02. The molecule has 0 radical (unpaired) electrons. The Hall–Kier alpha value is -2.05. The molecule has 7 heteroatoms. The Labute approximate surface area is 118 Å². The molecule has 1 heterocycles. The van der Waals surface area contributed by atoms with Crippen molar-refractivity contribution in [1.82, 2.24) is 20.4 Å². The zero-order valence-corrected chi connectivity index (χ0v) is 12.4. The predicted molar refractivity (Wildman–Crippen MR) is 74.6 cm³/mol. The quantitative estimate of drug-likeness (QED) is 0.754. The normalized spacial score (nSPS) is 10.4. The van der Waals surface area contributed by atoms with E-state index < -0.39 is 0 Å². The molecule has 1 aromatic heterocycles. The van der Waals surface area contributed by atoms with Gasteiger partial charge in [0.15, 0.2) is 0 Å². The summed E-state index contributed by atoms with van der Waals surface area (Å²) in [6.45, 7) is 4.72. The molecule has 112 valence electrons. The third kappa shape index (κ3) is 4.91. The van der Waals surface area contributed by atoms with Gasteiger partial charge in [-0.25, -0.2) is 0 Å². The highest BCUT2D eigenvalue weighted by atomic mass is 16.5. The van der Waals surface area contributed by atoms with Crippen LogP contribution in [0.2, 0.25) is 0 Å². The molecule has 0 aliphatic rings. The molecule has 0 unspecified atom stereocenters. The van der Waals surface area contributed by atoms with E-state index in [0.717, 1.165) is 6.42 Å². The Bertz CT molecular complexity index is 468. The van der Waals surface area contributed by atoms with Gasteiger partial charge in [-0.3, -0.25) is 14.3 Å². The minimum atomic E-state index is -0.381. The van der Waals surface area contributed by atoms with Gasteiger partial charge in [0.25, 0.3) is 5.91 Å². The SMILES string of the molecule is COc1nn(C)cc1C(=O)NCC(=O)NCCC(C)C. The van der Waals surface area contributed by atoms with Crippen LogP contribution in [0.3, 0.4) is 0 Å². The second-order valence-corrected chi connectivity index (χ2v) is 4.94. The number of ether oxygens (including phenoxy) is 1. The maximum Gasteiger partial charge on any atom is 0.258 e. The van der Waals surface area contributed by atoms with Crippen LogP contribution in [0.4, 0.5) is 0 Å². The molecule has 1 rings (SSSR count). The highest BCUT2D eigenvalue weighted by molar-refractivity contribution is 5.98. The number of amides is 2. The van der Waals surface area contributed by atoms with Crippen molar-refractivity contribution in [3.63, 3.8) is 0 Å². The number of hydrogen-bond acceptors (Lipinski definition) is 4. The molecule has 0 aliphatic heterocycles. The van der Waals surface area contributed by atoms with Crippen LogP contribution in [0.5, 0.6) is 5.88 Å². The molecule has 0 aliphatic carbocycles. The average Bonchev–Trinajstić information content (AvgIpc) is 2.76. The summed E-state index contributed by atoms with van der Waals surface area (Å²) < 4.78 is 6.47. The number of nitrogens with zero attached hydrogens (tertiary/aromatic N) is 2. The Morgan fingerprint density at radius 1 is 1.40 bits per heavy atom. The molecule has 0 spiro atoms. The van der Waals surface area contributed by atoms with E-state index >= 15 is 0 Å². The molecule has 0 atom stereocenters. The van der Waals surface area contributed by atoms with Gasteiger partial charge in [0.2, 0.25) is 11.8 Å². The van der Waals surface area contributed by atoms with Gasteiger partial charge in [0.05, 0.1) is 13.7 Å². The maximum absolute atomic E-state index is 11.9. The summed E-state index contributed by atoms with van der Waals surface area (Å²) in [4.78, 5) is 23.4. The fourth-order valence-corrected chi connectivity index (χ4v) is 1.59. The fraction of sp³-hybridized carbons (Fsp3) is 0.615. The van der Waals surface area contributed by atoms with Crippen molar-refractivity contribution in [3.8, 4) is 5.88 Å². The summed E-state index contributed by atoms with van der Waals surface area (Å²) in [5.41, 5.74) is 0.310. The largest absolute Gasteiger partial charge is 0.479 e. The lowest BCUT2D eigenvalue weighted by molar-refractivity contribution is -0.120. The van der Waals surface area contributed by atoms with Gasteiger partial charge in [-0.1, -0.05) is 13.8 Å². The van der Waals surface area contributed by atoms with Crippen LogP contribution in [-0.2, 0) is 11.8 Å². The standard InChI is InChI=1S/C13H22N4O3/c1-9(2)5-6-14-11(18)7-15-12(19)10-8-17(3)16-13(10)20-4/h8-9H,5-7H2,1-4H3,(H,14,18)(H,15,19). The molecular formula is C13H22N4O3. The van der Waals surface area contributed by atoms with E-state index in [1.165, 1.54) is 11.8 Å². The van der Waals surface area contributed by atoms with Gasteiger partial charge in [-0.2, -0.15) is 0 Å². The van der Waals surface area contributed by atoms with Crippen LogP contribution in [0.25, 0.3) is 0 Å². The third-order valence-electron chi connectivity index (χ3n) is 2.69. The molecule has 2 N–H and O–H groups in total. The number of carbonyl (C=O) groups is 2. The first kappa shape index (κ1) is 16.0. The maximum atomic E-state index is 11.9. The molecule has 2 amide bonds. The van der Waals surface area contributed by atoms with Crippen molar-refractivity contribution in [2.24, 2.45) is 13.0 Å². The summed E-state index contributed by atoms with van der Waals surface area (Å²) in [5, 5.41) is 9.27. The summed E-state index contributed by atoms with van der Waals surface area (Å²) >= 11 is 0. The van der Waals surface area contributed by atoms with Crippen LogP contribution in [-0.4, -0.2) is 41.8 Å². The monoisotopic (exact) mass is 282 g/mol. The minimum absolute atomic E-state index is 0.0605. The third-order valence-corrected chi connectivity index (χ3v) is 2.69. The van der Waals surface area contributed by atoms with E-state index in [-0.39, 0.29) is 24.2 Å². The number of rotatable bonds is 7. The minimum Gasteiger partial charge on any atom is -0.479 e. The first-order valence-corrected chi connectivity index (χ1v) is 6.56. The summed E-state index contributed by atoms with van der Waals surface area (Å²) in [7, 11) is 3.13. The lowest BCUT2D eigenvalue weighted by atomic mass is 10.1. The first-order valence-electron chi connectivity index (χ1n) is 6.56. The van der Waals surface area contributed by atoms with Crippen molar-refractivity contribution >= 4 is 11.8 Å². The number of aromatic nitrogens is 2. The van der Waals surface area contributed by atoms with Gasteiger partial charge in [-0.15, -0.1) is 5.10 Å². The van der Waals surface area contributed by atoms with Crippen molar-refractivity contribution in [2.45, 2.75) is 20.3 Å². The van der Waals surface area contributed by atoms with E-state index in [1.807, 2.05) is 0 Å². The molecule has 0 aromatic carbocycles. The highest BCUT2D eigenvalue weighted by Crippen LogP contribution is 2.13. The summed E-state index contributed by atoms with van der Waals surface area (Å²) in [5.74, 6) is 0.186. The van der Waals surface area contributed by atoms with Crippen molar-refractivity contribution < 1.29 is 14.3 Å². The van der Waals surface area contributed by atoms with E-state index in [2.05, 4.69) is 29.6 Å². The second-order valence-electron chi connectivity index (χ2n) is 4.94. The molecular weight excluding hydrogens is 260 g/mol. The Morgan fingerprint density at radius 3 is 2.70 bits per heavy atom. The molecule has 20 heavy (non-hydrogen) atoms. The molecule has 0 saturated carbocycles. The number of carbonyl (C=O) groups excluding carboxylic acids is 2. The molecule has 0 bridgehead atoms. The molecule has 0 saturated heterocycles. The van der Waals surface area contributed by atoms with Crippen LogP contribution >= 0.6 is 0 Å². The van der Waals surface area contributed by atoms with Gasteiger partial charge >= 0.3 is 0 Å². The molecule has 1 aromatic rings. The van der Waals surface area contributed by atoms with Crippen molar-refractivity contribution in [2.75, 3.05) is 20.2 Å². The van der Waals surface area contributed by atoms with Crippen molar-refractivity contribution in [1.29, 1.82) is 0 Å². The average molecular weight is 282 g/mol. The topological polar surface area (TPSA) is 85.2 Å². The Balaban J connectivity index is 2.41. The summed E-state index contributed by atoms with van der Waals surface area (Å²) in [6.07, 6.45) is 2.46. The number of aryl methyl sites for hydroxylation is 1. The molecule has 0 fully saturated rings. The molecule has 7 nitrogen and oxygen atoms in total. The van der Waals surface area contributed by atoms with E-state index in [1.54, 1.807) is 13.2 Å². The lowest BCUT2D eigenvalue weighted by Crippen LogP contribution is -2.37. The van der Waals surface area contributed by atoms with Crippen molar-refractivity contribution in [3.05, 3.63) is 11.8 Å². The zero-order valence-electron chi connectivity index (χ0n) is 12.4. The van der Waals surface area contributed by atoms with Gasteiger partial charge in [0, 0.05) is 19.8 Å². The lowest BCUT2D eigenvalue weighted by Gasteiger charge is -2.08. The van der Waals surface area contributed by atoms with Gasteiger partial charge in [0.1, 0.15) is 5.56 Å². The smallest absolute Gasteiger partial charge is 0.258 e.